The average Bonchev–Trinajstić information content (AvgIpc) is 3.13. The predicted molar refractivity (Wildman–Crippen MR) is 98.4 cm³/mol. The van der Waals surface area contributed by atoms with Crippen molar-refractivity contribution in [3.63, 3.8) is 0 Å². The van der Waals surface area contributed by atoms with Crippen LogP contribution in [0.25, 0.3) is 0 Å². The molecular formula is C18H13ClFN3O3S. The number of nitrogens with one attached hydrogen (secondary N) is 1. The van der Waals surface area contributed by atoms with Gasteiger partial charge in [0.05, 0.1) is 12.3 Å². The number of thioether (sulfide) groups is 1. The average molecular weight is 406 g/mol. The molecule has 1 aromatic heterocycles. The lowest BCUT2D eigenvalue weighted by Gasteiger charge is -2.02. The second-order valence-corrected chi connectivity index (χ2v) is 6.73. The molecule has 138 valence electrons. The fourth-order valence-corrected chi connectivity index (χ4v) is 2.87. The van der Waals surface area contributed by atoms with Gasteiger partial charge in [0.1, 0.15) is 5.82 Å². The molecule has 0 bridgehead atoms. The summed E-state index contributed by atoms with van der Waals surface area (Å²) in [7, 11) is 0. The Balaban J connectivity index is 1.49. The van der Waals surface area contributed by atoms with Crippen molar-refractivity contribution < 1.29 is 18.4 Å². The first kappa shape index (κ1) is 19.1. The fourth-order valence-electron chi connectivity index (χ4n) is 2.07. The van der Waals surface area contributed by atoms with E-state index in [1.54, 1.807) is 24.3 Å². The number of halogens is 2. The lowest BCUT2D eigenvalue weighted by molar-refractivity contribution is 0.0946. The summed E-state index contributed by atoms with van der Waals surface area (Å²) in [6.07, 6.45) is 0. The number of aromatic nitrogens is 2. The van der Waals surface area contributed by atoms with E-state index < -0.39 is 5.82 Å². The van der Waals surface area contributed by atoms with Gasteiger partial charge in [-0.3, -0.25) is 9.59 Å². The lowest BCUT2D eigenvalue weighted by atomic mass is 10.1. The van der Waals surface area contributed by atoms with Crippen molar-refractivity contribution in [1.82, 2.24) is 15.5 Å². The molecule has 0 saturated carbocycles. The maximum absolute atomic E-state index is 12.9. The van der Waals surface area contributed by atoms with Crippen molar-refractivity contribution in [2.24, 2.45) is 0 Å². The first-order valence-corrected chi connectivity index (χ1v) is 9.15. The SMILES string of the molecule is O=C(CSc1nnc(CNC(=O)c2ccc(F)cc2)o1)c1ccc(Cl)cc1. The minimum atomic E-state index is -0.418. The Morgan fingerprint density at radius 1 is 1.04 bits per heavy atom. The van der Waals surface area contributed by atoms with E-state index in [-0.39, 0.29) is 35.1 Å². The highest BCUT2D eigenvalue weighted by Gasteiger charge is 2.12. The molecule has 0 spiro atoms. The van der Waals surface area contributed by atoms with E-state index in [1.807, 2.05) is 0 Å². The van der Waals surface area contributed by atoms with Crippen LogP contribution in [-0.2, 0) is 6.54 Å². The minimum Gasteiger partial charge on any atom is -0.414 e. The highest BCUT2D eigenvalue weighted by molar-refractivity contribution is 7.99. The molecule has 3 rings (SSSR count). The Bertz CT molecular complexity index is 869. The van der Waals surface area contributed by atoms with Crippen molar-refractivity contribution in [2.45, 2.75) is 11.8 Å². The van der Waals surface area contributed by atoms with Crippen LogP contribution in [0.3, 0.4) is 0 Å². The summed E-state index contributed by atoms with van der Waals surface area (Å²) in [5, 5.41) is 11.0. The van der Waals surface area contributed by atoms with Crippen LogP contribution in [0.4, 0.5) is 4.39 Å². The molecule has 27 heavy (non-hydrogen) atoms. The first-order valence-electron chi connectivity index (χ1n) is 7.79. The van der Waals surface area contributed by atoms with Crippen LogP contribution in [0.15, 0.2) is 58.2 Å². The molecule has 1 N–H and O–H groups in total. The van der Waals surface area contributed by atoms with Crippen molar-refractivity contribution >= 4 is 35.1 Å². The van der Waals surface area contributed by atoms with E-state index in [0.29, 0.717) is 16.1 Å². The standard InChI is InChI=1S/C18H13ClFN3O3S/c19-13-5-1-11(2-6-13)15(24)10-27-18-23-22-16(26-18)9-21-17(25)12-3-7-14(20)8-4-12/h1-8H,9-10H2,(H,21,25). The van der Waals surface area contributed by atoms with E-state index in [0.717, 1.165) is 11.8 Å². The zero-order valence-corrected chi connectivity index (χ0v) is 15.4. The smallest absolute Gasteiger partial charge is 0.277 e. The third kappa shape index (κ3) is 5.38. The van der Waals surface area contributed by atoms with E-state index in [2.05, 4.69) is 15.5 Å². The van der Waals surface area contributed by atoms with Crippen LogP contribution < -0.4 is 5.32 Å². The van der Waals surface area contributed by atoms with Gasteiger partial charge in [-0.2, -0.15) is 0 Å². The van der Waals surface area contributed by atoms with Crippen LogP contribution in [0.5, 0.6) is 0 Å². The maximum atomic E-state index is 12.9. The Morgan fingerprint density at radius 3 is 2.41 bits per heavy atom. The molecule has 1 heterocycles. The number of carbonyl (C=O) groups is 2. The van der Waals surface area contributed by atoms with Gasteiger partial charge in [0.2, 0.25) is 5.89 Å². The van der Waals surface area contributed by atoms with Crippen LogP contribution in [0.1, 0.15) is 26.6 Å². The van der Waals surface area contributed by atoms with Gasteiger partial charge in [-0.15, -0.1) is 10.2 Å². The molecule has 6 nitrogen and oxygen atoms in total. The van der Waals surface area contributed by atoms with E-state index in [4.69, 9.17) is 16.0 Å². The topological polar surface area (TPSA) is 85.1 Å². The first-order chi connectivity index (χ1) is 13.0. The summed E-state index contributed by atoms with van der Waals surface area (Å²) in [5.41, 5.74) is 0.859. The number of benzene rings is 2. The minimum absolute atomic E-state index is 0.0227. The zero-order chi connectivity index (χ0) is 19.2. The summed E-state index contributed by atoms with van der Waals surface area (Å²) >= 11 is 6.90. The van der Waals surface area contributed by atoms with Crippen molar-refractivity contribution in [2.75, 3.05) is 5.75 Å². The van der Waals surface area contributed by atoms with Gasteiger partial charge in [-0.25, -0.2) is 4.39 Å². The number of hydrogen-bond donors (Lipinski definition) is 1. The second-order valence-electron chi connectivity index (χ2n) is 5.37. The van der Waals surface area contributed by atoms with Crippen molar-refractivity contribution in [1.29, 1.82) is 0 Å². The number of ketones is 1. The lowest BCUT2D eigenvalue weighted by Crippen LogP contribution is -2.22. The van der Waals surface area contributed by atoms with Gasteiger partial charge in [0.25, 0.3) is 11.1 Å². The Hall–Kier alpha value is -2.71. The third-order valence-corrected chi connectivity index (χ3v) is 4.52. The van der Waals surface area contributed by atoms with Crippen LogP contribution in [0, 0.1) is 5.82 Å². The zero-order valence-electron chi connectivity index (χ0n) is 13.8. The van der Waals surface area contributed by atoms with Gasteiger partial charge >= 0.3 is 0 Å². The summed E-state index contributed by atoms with van der Waals surface area (Å²) in [6, 6.07) is 11.7. The highest BCUT2D eigenvalue weighted by atomic mass is 35.5. The number of nitrogens with zero attached hydrogens (tertiary/aromatic N) is 2. The molecule has 1 amide bonds. The number of carbonyl (C=O) groups excluding carboxylic acids is 2. The molecule has 0 aliphatic heterocycles. The summed E-state index contributed by atoms with van der Waals surface area (Å²) in [5.74, 6) is -0.572. The van der Waals surface area contributed by atoms with Crippen molar-refractivity contribution in [3.8, 4) is 0 Å². The number of rotatable bonds is 7. The second kappa shape index (κ2) is 8.79. The van der Waals surface area contributed by atoms with Crippen LogP contribution >= 0.6 is 23.4 Å². The summed E-state index contributed by atoms with van der Waals surface area (Å²) in [4.78, 5) is 24.0. The molecule has 0 unspecified atom stereocenters. The van der Waals surface area contributed by atoms with Gasteiger partial charge in [0, 0.05) is 16.1 Å². The molecule has 0 aliphatic rings. The Labute approximate surface area is 163 Å². The van der Waals surface area contributed by atoms with Gasteiger partial charge in [-0.05, 0) is 48.5 Å². The van der Waals surface area contributed by atoms with E-state index >= 15 is 0 Å². The molecule has 9 heteroatoms. The molecule has 0 atom stereocenters. The van der Waals surface area contributed by atoms with Gasteiger partial charge in [0.15, 0.2) is 5.78 Å². The highest BCUT2D eigenvalue weighted by Crippen LogP contribution is 2.18. The molecular weight excluding hydrogens is 393 g/mol. The van der Waals surface area contributed by atoms with E-state index in [9.17, 15) is 14.0 Å². The molecule has 0 fully saturated rings. The van der Waals surface area contributed by atoms with Crippen molar-refractivity contribution in [3.05, 3.63) is 76.4 Å². The third-order valence-electron chi connectivity index (χ3n) is 3.45. The molecule has 0 radical (unpaired) electrons. The molecule has 3 aromatic rings. The Kier molecular flexibility index (Phi) is 6.20. The van der Waals surface area contributed by atoms with Crippen LogP contribution in [-0.4, -0.2) is 27.6 Å². The molecule has 0 aliphatic carbocycles. The fraction of sp³-hybridized carbons (Fsp3) is 0.111. The molecule has 0 saturated heterocycles. The van der Waals surface area contributed by atoms with Gasteiger partial charge < -0.3 is 9.73 Å². The monoisotopic (exact) mass is 405 g/mol. The normalized spacial score (nSPS) is 10.6. The maximum Gasteiger partial charge on any atom is 0.277 e. The van der Waals surface area contributed by atoms with Gasteiger partial charge in [-0.1, -0.05) is 23.4 Å². The van der Waals surface area contributed by atoms with E-state index in [1.165, 1.54) is 24.3 Å². The summed E-state index contributed by atoms with van der Waals surface area (Å²) < 4.78 is 18.2. The Morgan fingerprint density at radius 2 is 1.70 bits per heavy atom. The summed E-state index contributed by atoms with van der Waals surface area (Å²) in [6.45, 7) is 0.0227. The number of amides is 1. The quantitative estimate of drug-likeness (QED) is 0.475. The largest absolute Gasteiger partial charge is 0.414 e. The van der Waals surface area contributed by atoms with Crippen LogP contribution in [0.2, 0.25) is 5.02 Å². The predicted octanol–water partition coefficient (Wildman–Crippen LogP) is 3.77. The number of Topliss-reactive ketones (excluding diaryl/α,β-unsaturated/α-hetero) is 1. The molecule has 2 aromatic carbocycles. The number of hydrogen-bond acceptors (Lipinski definition) is 6.